The lowest BCUT2D eigenvalue weighted by Crippen LogP contribution is -2.37. The first kappa shape index (κ1) is 19.5. The van der Waals surface area contributed by atoms with E-state index in [1.165, 1.54) is 6.07 Å². The average Bonchev–Trinajstić information content (AvgIpc) is 2.74. The van der Waals surface area contributed by atoms with E-state index in [0.29, 0.717) is 31.0 Å². The summed E-state index contributed by atoms with van der Waals surface area (Å²) in [6.45, 7) is 1.02. The molecule has 0 spiro atoms. The number of nitrogens with one attached hydrogen (secondary N) is 2. The minimum absolute atomic E-state index is 0.339. The van der Waals surface area contributed by atoms with Crippen LogP contribution >= 0.6 is 0 Å². The third-order valence-corrected chi connectivity index (χ3v) is 4.27. The van der Waals surface area contributed by atoms with Gasteiger partial charge in [-0.3, -0.25) is 9.98 Å². The number of pyridine rings is 1. The third kappa shape index (κ3) is 5.36. The molecule has 0 aliphatic carbocycles. The van der Waals surface area contributed by atoms with E-state index in [4.69, 9.17) is 0 Å². The summed E-state index contributed by atoms with van der Waals surface area (Å²) in [6, 6.07) is 17.4. The van der Waals surface area contributed by atoms with E-state index in [-0.39, 0.29) is 0 Å². The summed E-state index contributed by atoms with van der Waals surface area (Å²) in [7, 11) is 1.67. The highest BCUT2D eigenvalue weighted by Crippen LogP contribution is 2.17. The Labute approximate surface area is 163 Å². The van der Waals surface area contributed by atoms with Crippen molar-refractivity contribution >= 4 is 5.96 Å². The molecule has 0 unspecified atom stereocenters. The zero-order valence-electron chi connectivity index (χ0n) is 15.6. The normalized spacial score (nSPS) is 11.3. The molecule has 28 heavy (non-hydrogen) atoms. The van der Waals surface area contributed by atoms with Crippen LogP contribution in [0.1, 0.15) is 11.1 Å². The molecule has 0 atom stereocenters. The molecule has 0 saturated heterocycles. The zero-order chi connectivity index (χ0) is 19.8. The van der Waals surface area contributed by atoms with Crippen LogP contribution in [0.25, 0.3) is 11.3 Å². The molecule has 144 valence electrons. The van der Waals surface area contributed by atoms with Gasteiger partial charge < -0.3 is 10.6 Å². The number of guanidine groups is 1. The van der Waals surface area contributed by atoms with Crippen LogP contribution in [0.3, 0.4) is 0 Å². The second-order valence-corrected chi connectivity index (χ2v) is 6.25. The van der Waals surface area contributed by atoms with Crippen molar-refractivity contribution < 1.29 is 8.78 Å². The van der Waals surface area contributed by atoms with Crippen LogP contribution < -0.4 is 10.6 Å². The van der Waals surface area contributed by atoms with E-state index in [2.05, 4.69) is 26.7 Å². The maximum Gasteiger partial charge on any atom is 0.191 e. The molecule has 0 bridgehead atoms. The number of nitrogens with zero attached hydrogens (tertiary/aromatic N) is 2. The van der Waals surface area contributed by atoms with Crippen molar-refractivity contribution in [2.45, 2.75) is 13.0 Å². The molecule has 0 fully saturated rings. The standard InChI is InChI=1S/C22H22F2N4/c1-25-22(27-12-10-17-14-19(23)8-9-20(17)24)28-15-16-5-4-6-18(13-16)21-7-2-3-11-26-21/h2-9,11,13-14H,10,12,15H2,1H3,(H2,25,27,28). The molecule has 0 amide bonds. The first-order chi connectivity index (χ1) is 13.7. The monoisotopic (exact) mass is 380 g/mol. The molecule has 3 rings (SSSR count). The van der Waals surface area contributed by atoms with Crippen LogP contribution in [0, 0.1) is 11.6 Å². The van der Waals surface area contributed by atoms with Gasteiger partial charge in [0, 0.05) is 31.9 Å². The van der Waals surface area contributed by atoms with Crippen molar-refractivity contribution in [3.63, 3.8) is 0 Å². The van der Waals surface area contributed by atoms with E-state index in [1.54, 1.807) is 13.2 Å². The van der Waals surface area contributed by atoms with E-state index >= 15 is 0 Å². The van der Waals surface area contributed by atoms with Gasteiger partial charge in [0.1, 0.15) is 11.6 Å². The van der Waals surface area contributed by atoms with Crippen LogP contribution in [0.15, 0.2) is 71.9 Å². The fraction of sp³-hybridized carbons (Fsp3) is 0.182. The van der Waals surface area contributed by atoms with Crippen molar-refractivity contribution in [1.29, 1.82) is 0 Å². The quantitative estimate of drug-likeness (QED) is 0.503. The smallest absolute Gasteiger partial charge is 0.191 e. The predicted octanol–water partition coefficient (Wildman–Crippen LogP) is 3.93. The molecular formula is C22H22F2N4. The van der Waals surface area contributed by atoms with E-state index in [1.807, 2.05) is 36.4 Å². The summed E-state index contributed by atoms with van der Waals surface area (Å²) in [5.41, 5.74) is 3.39. The number of hydrogen-bond acceptors (Lipinski definition) is 2. The lowest BCUT2D eigenvalue weighted by molar-refractivity contribution is 0.583. The minimum atomic E-state index is -0.438. The SMILES string of the molecule is CN=C(NCCc1cc(F)ccc1F)NCc1cccc(-c2ccccn2)c1. The van der Waals surface area contributed by atoms with Gasteiger partial charge in [-0.1, -0.05) is 24.3 Å². The Morgan fingerprint density at radius 3 is 2.68 bits per heavy atom. The van der Waals surface area contributed by atoms with E-state index in [0.717, 1.165) is 29.0 Å². The number of halogens is 2. The van der Waals surface area contributed by atoms with Crippen molar-refractivity contribution in [3.05, 3.63) is 89.6 Å². The summed E-state index contributed by atoms with van der Waals surface area (Å²) < 4.78 is 26.9. The van der Waals surface area contributed by atoms with Crippen molar-refractivity contribution in [1.82, 2.24) is 15.6 Å². The Kier molecular flexibility index (Phi) is 6.68. The molecule has 3 aromatic rings. The van der Waals surface area contributed by atoms with Crippen LogP contribution in [0.5, 0.6) is 0 Å². The molecule has 1 aromatic heterocycles. The molecule has 6 heteroatoms. The van der Waals surface area contributed by atoms with Gasteiger partial charge in [-0.15, -0.1) is 0 Å². The summed E-state index contributed by atoms with van der Waals surface area (Å²) in [5, 5.41) is 6.35. The molecular weight excluding hydrogens is 358 g/mol. The van der Waals surface area contributed by atoms with Crippen LogP contribution in [-0.2, 0) is 13.0 Å². The second kappa shape index (κ2) is 9.60. The molecule has 0 aliphatic rings. The Hall–Kier alpha value is -3.28. The Morgan fingerprint density at radius 1 is 1.00 bits per heavy atom. The van der Waals surface area contributed by atoms with E-state index < -0.39 is 11.6 Å². The molecule has 4 nitrogen and oxygen atoms in total. The Morgan fingerprint density at radius 2 is 1.89 bits per heavy atom. The zero-order valence-corrected chi connectivity index (χ0v) is 15.6. The third-order valence-electron chi connectivity index (χ3n) is 4.27. The molecule has 0 saturated carbocycles. The Bertz CT molecular complexity index is 942. The van der Waals surface area contributed by atoms with Gasteiger partial charge in [0.05, 0.1) is 5.69 Å². The lowest BCUT2D eigenvalue weighted by Gasteiger charge is -2.13. The summed E-state index contributed by atoms with van der Waals surface area (Å²) >= 11 is 0. The van der Waals surface area contributed by atoms with Crippen LogP contribution in [-0.4, -0.2) is 24.5 Å². The van der Waals surface area contributed by atoms with Crippen LogP contribution in [0.4, 0.5) is 8.78 Å². The minimum Gasteiger partial charge on any atom is -0.356 e. The van der Waals surface area contributed by atoms with Crippen LogP contribution in [0.2, 0.25) is 0 Å². The van der Waals surface area contributed by atoms with Gasteiger partial charge in [0.15, 0.2) is 5.96 Å². The maximum atomic E-state index is 13.7. The lowest BCUT2D eigenvalue weighted by atomic mass is 10.1. The number of hydrogen-bond donors (Lipinski definition) is 2. The number of aliphatic imine (C=N–C) groups is 1. The first-order valence-corrected chi connectivity index (χ1v) is 9.04. The number of benzene rings is 2. The van der Waals surface area contributed by atoms with Crippen molar-refractivity contribution in [3.8, 4) is 11.3 Å². The molecule has 2 aromatic carbocycles. The highest BCUT2D eigenvalue weighted by Gasteiger charge is 2.05. The van der Waals surface area contributed by atoms with Gasteiger partial charge in [-0.2, -0.15) is 0 Å². The number of aromatic nitrogens is 1. The maximum absolute atomic E-state index is 13.7. The molecule has 0 radical (unpaired) electrons. The van der Waals surface area contributed by atoms with Crippen molar-refractivity contribution in [2.75, 3.05) is 13.6 Å². The highest BCUT2D eigenvalue weighted by atomic mass is 19.1. The first-order valence-electron chi connectivity index (χ1n) is 9.04. The number of rotatable bonds is 6. The van der Waals surface area contributed by atoms with E-state index in [9.17, 15) is 8.78 Å². The van der Waals surface area contributed by atoms with Gasteiger partial charge in [-0.25, -0.2) is 8.78 Å². The summed E-state index contributed by atoms with van der Waals surface area (Å²) in [6.07, 6.45) is 2.13. The topological polar surface area (TPSA) is 49.3 Å². The summed E-state index contributed by atoms with van der Waals surface area (Å²) in [5.74, 6) is -0.246. The molecule has 0 aliphatic heterocycles. The van der Waals surface area contributed by atoms with Gasteiger partial charge in [-0.05, 0) is 53.9 Å². The molecule has 2 N–H and O–H groups in total. The second-order valence-electron chi connectivity index (χ2n) is 6.25. The average molecular weight is 380 g/mol. The largest absolute Gasteiger partial charge is 0.356 e. The fourth-order valence-corrected chi connectivity index (χ4v) is 2.83. The van der Waals surface area contributed by atoms with Crippen molar-refractivity contribution in [2.24, 2.45) is 4.99 Å². The highest BCUT2D eigenvalue weighted by molar-refractivity contribution is 5.79. The van der Waals surface area contributed by atoms with Gasteiger partial charge in [0.2, 0.25) is 0 Å². The van der Waals surface area contributed by atoms with Gasteiger partial charge >= 0.3 is 0 Å². The predicted molar refractivity (Wildman–Crippen MR) is 108 cm³/mol. The molecule has 1 heterocycles. The fourth-order valence-electron chi connectivity index (χ4n) is 2.83. The van der Waals surface area contributed by atoms with Gasteiger partial charge in [0.25, 0.3) is 0 Å². The Balaban J connectivity index is 1.54. The summed E-state index contributed by atoms with van der Waals surface area (Å²) in [4.78, 5) is 8.54.